The molecule has 0 aliphatic carbocycles. The predicted octanol–water partition coefficient (Wildman–Crippen LogP) is 3.38. The van der Waals surface area contributed by atoms with Crippen molar-refractivity contribution in [1.29, 1.82) is 0 Å². The lowest BCUT2D eigenvalue weighted by atomic mass is 10.1. The fourth-order valence-electron chi connectivity index (χ4n) is 3.43. The first-order chi connectivity index (χ1) is 14.2. The van der Waals surface area contributed by atoms with Crippen LogP contribution in [0.3, 0.4) is 0 Å². The second-order valence-electron chi connectivity index (χ2n) is 7.05. The Balaban J connectivity index is 1.64. The highest BCUT2D eigenvalue weighted by Gasteiger charge is 2.31. The third-order valence-corrected chi connectivity index (χ3v) is 6.83. The Labute approximate surface area is 171 Å². The maximum absolute atomic E-state index is 13.0. The summed E-state index contributed by atoms with van der Waals surface area (Å²) in [5.41, 5.74) is 0.602. The van der Waals surface area contributed by atoms with E-state index in [2.05, 4.69) is 10.2 Å². The molecule has 0 bridgehead atoms. The first-order valence-electron chi connectivity index (χ1n) is 9.45. The second kappa shape index (κ2) is 7.55. The van der Waals surface area contributed by atoms with Crippen molar-refractivity contribution in [2.75, 3.05) is 6.54 Å². The zero-order valence-corrected chi connectivity index (χ0v) is 17.0. The Morgan fingerprint density at radius 3 is 2.67 bits per heavy atom. The molecule has 0 unspecified atom stereocenters. The van der Waals surface area contributed by atoms with Crippen molar-refractivity contribution >= 4 is 10.0 Å². The summed E-state index contributed by atoms with van der Waals surface area (Å²) >= 11 is 0. The topological polar surface area (TPSA) is 73.0 Å². The number of benzene rings is 1. The molecule has 3 aromatic rings. The number of alkyl halides is 3. The molecule has 4 rings (SSSR count). The molecule has 0 saturated heterocycles. The van der Waals surface area contributed by atoms with Crippen molar-refractivity contribution in [3.05, 3.63) is 54.0 Å². The summed E-state index contributed by atoms with van der Waals surface area (Å²) in [4.78, 5) is 0.121. The average molecular weight is 439 g/mol. The van der Waals surface area contributed by atoms with Gasteiger partial charge in [-0.15, -0.1) is 0 Å². The monoisotopic (exact) mass is 439 g/mol. The molecule has 0 amide bonds. The SMILES string of the molecule is CCn1cc(S(=O)(=O)N2CCCn3nc(-c4cccc(C(F)(F)F)c4)cc3C2)cn1. The van der Waals surface area contributed by atoms with Crippen molar-refractivity contribution in [2.24, 2.45) is 0 Å². The molecule has 0 N–H and O–H groups in total. The van der Waals surface area contributed by atoms with E-state index < -0.39 is 21.8 Å². The maximum Gasteiger partial charge on any atom is 0.416 e. The molecule has 2 aromatic heterocycles. The Morgan fingerprint density at radius 1 is 1.17 bits per heavy atom. The normalized spacial score (nSPS) is 15.7. The molecule has 1 aliphatic heterocycles. The molecule has 0 saturated carbocycles. The van der Waals surface area contributed by atoms with Crippen molar-refractivity contribution in [3.8, 4) is 11.3 Å². The number of aromatic nitrogens is 4. The number of hydrogen-bond donors (Lipinski definition) is 0. The zero-order chi connectivity index (χ0) is 21.5. The van der Waals surface area contributed by atoms with Crippen molar-refractivity contribution in [2.45, 2.75) is 44.1 Å². The third-order valence-electron chi connectivity index (χ3n) is 5.04. The first kappa shape index (κ1) is 20.6. The Hall–Kier alpha value is -2.66. The quantitative estimate of drug-likeness (QED) is 0.625. The van der Waals surface area contributed by atoms with E-state index in [0.29, 0.717) is 43.0 Å². The van der Waals surface area contributed by atoms with E-state index in [1.54, 1.807) is 21.5 Å². The lowest BCUT2D eigenvalue weighted by Crippen LogP contribution is -2.30. The molecule has 1 aromatic carbocycles. The van der Waals surface area contributed by atoms with E-state index in [0.717, 1.165) is 12.1 Å². The minimum atomic E-state index is -4.44. The van der Waals surface area contributed by atoms with Gasteiger partial charge in [-0.25, -0.2) is 8.42 Å². The first-order valence-corrected chi connectivity index (χ1v) is 10.9. The lowest BCUT2D eigenvalue weighted by molar-refractivity contribution is -0.137. The molecule has 0 fully saturated rings. The van der Waals surface area contributed by atoms with E-state index in [4.69, 9.17) is 0 Å². The standard InChI is InChI=1S/C19H20F3N5O2S/c1-2-25-13-17(11-23-25)30(28,29)26-7-4-8-27-16(12-26)10-18(24-27)14-5-3-6-15(9-14)19(20,21)22/h3,5-6,9-11,13H,2,4,7-8,12H2,1H3. The molecular formula is C19H20F3N5O2S. The van der Waals surface area contributed by atoms with Crippen LogP contribution in [0.5, 0.6) is 0 Å². The van der Waals surface area contributed by atoms with Crippen molar-refractivity contribution in [1.82, 2.24) is 23.9 Å². The number of sulfonamides is 1. The zero-order valence-electron chi connectivity index (χ0n) is 16.2. The highest BCUT2D eigenvalue weighted by molar-refractivity contribution is 7.89. The summed E-state index contributed by atoms with van der Waals surface area (Å²) in [5, 5.41) is 8.46. The Morgan fingerprint density at radius 2 is 1.97 bits per heavy atom. The fraction of sp³-hybridized carbons (Fsp3) is 0.368. The van der Waals surface area contributed by atoms with E-state index in [9.17, 15) is 21.6 Å². The van der Waals surface area contributed by atoms with E-state index >= 15 is 0 Å². The van der Waals surface area contributed by atoms with Crippen LogP contribution < -0.4 is 0 Å². The number of halogens is 3. The summed E-state index contributed by atoms with van der Waals surface area (Å²) in [6, 6.07) is 6.61. The summed E-state index contributed by atoms with van der Waals surface area (Å²) < 4.78 is 69.7. The Bertz CT molecular complexity index is 1170. The number of nitrogens with zero attached hydrogens (tertiary/aromatic N) is 5. The van der Waals surface area contributed by atoms with Gasteiger partial charge in [-0.2, -0.15) is 27.7 Å². The van der Waals surface area contributed by atoms with Crippen LogP contribution in [0.25, 0.3) is 11.3 Å². The van der Waals surface area contributed by atoms with Crippen LogP contribution in [-0.4, -0.2) is 38.8 Å². The smallest absolute Gasteiger partial charge is 0.272 e. The molecule has 1 aliphatic rings. The van der Waals surface area contributed by atoms with E-state index in [-0.39, 0.29) is 11.4 Å². The van der Waals surface area contributed by atoms with Gasteiger partial charge in [-0.3, -0.25) is 9.36 Å². The summed E-state index contributed by atoms with van der Waals surface area (Å²) in [7, 11) is -3.74. The minimum absolute atomic E-state index is 0.0889. The predicted molar refractivity (Wildman–Crippen MR) is 103 cm³/mol. The van der Waals surface area contributed by atoms with Crippen LogP contribution in [0, 0.1) is 0 Å². The van der Waals surface area contributed by atoms with Gasteiger partial charge < -0.3 is 0 Å². The van der Waals surface area contributed by atoms with Crippen LogP contribution in [0.15, 0.2) is 47.6 Å². The minimum Gasteiger partial charge on any atom is -0.272 e. The number of fused-ring (bicyclic) bond motifs is 1. The summed E-state index contributed by atoms with van der Waals surface area (Å²) in [6.45, 7) is 3.31. The van der Waals surface area contributed by atoms with Gasteiger partial charge >= 0.3 is 6.18 Å². The highest BCUT2D eigenvalue weighted by Crippen LogP contribution is 2.32. The van der Waals surface area contributed by atoms with Gasteiger partial charge in [0.1, 0.15) is 4.90 Å². The largest absolute Gasteiger partial charge is 0.416 e. The van der Waals surface area contributed by atoms with Gasteiger partial charge in [-0.05, 0) is 31.5 Å². The third kappa shape index (κ3) is 3.86. The van der Waals surface area contributed by atoms with Crippen LogP contribution in [0.2, 0.25) is 0 Å². The fourth-order valence-corrected chi connectivity index (χ4v) is 4.84. The van der Waals surface area contributed by atoms with Crippen molar-refractivity contribution in [3.63, 3.8) is 0 Å². The molecule has 0 spiro atoms. The molecule has 0 atom stereocenters. The highest BCUT2D eigenvalue weighted by atomic mass is 32.2. The molecule has 11 heteroatoms. The number of aryl methyl sites for hydroxylation is 2. The number of rotatable bonds is 4. The Kier molecular flexibility index (Phi) is 5.18. The molecule has 7 nitrogen and oxygen atoms in total. The van der Waals surface area contributed by atoms with E-state index in [1.165, 1.54) is 22.8 Å². The second-order valence-corrected chi connectivity index (χ2v) is 8.98. The van der Waals surface area contributed by atoms with Gasteiger partial charge in [0.25, 0.3) is 0 Å². The van der Waals surface area contributed by atoms with E-state index in [1.807, 2.05) is 6.92 Å². The molecule has 3 heterocycles. The summed E-state index contributed by atoms with van der Waals surface area (Å²) in [6.07, 6.45) is -1.08. The van der Waals surface area contributed by atoms with Gasteiger partial charge in [0.05, 0.1) is 29.7 Å². The van der Waals surface area contributed by atoms with Crippen LogP contribution in [-0.2, 0) is 35.8 Å². The molecule has 30 heavy (non-hydrogen) atoms. The average Bonchev–Trinajstić information content (AvgIpc) is 3.30. The molecular weight excluding hydrogens is 419 g/mol. The lowest BCUT2D eigenvalue weighted by Gasteiger charge is -2.18. The summed E-state index contributed by atoms with van der Waals surface area (Å²) in [5.74, 6) is 0. The van der Waals surface area contributed by atoms with Crippen molar-refractivity contribution < 1.29 is 21.6 Å². The molecule has 0 radical (unpaired) electrons. The van der Waals surface area contributed by atoms with Crippen LogP contribution in [0.4, 0.5) is 13.2 Å². The van der Waals surface area contributed by atoms with Gasteiger partial charge in [-0.1, -0.05) is 12.1 Å². The number of hydrogen-bond acceptors (Lipinski definition) is 4. The van der Waals surface area contributed by atoms with Gasteiger partial charge in [0, 0.05) is 31.4 Å². The van der Waals surface area contributed by atoms with Crippen LogP contribution in [0.1, 0.15) is 24.6 Å². The maximum atomic E-state index is 13.0. The van der Waals surface area contributed by atoms with Gasteiger partial charge in [0.2, 0.25) is 10.0 Å². The van der Waals surface area contributed by atoms with Gasteiger partial charge in [0.15, 0.2) is 0 Å². The van der Waals surface area contributed by atoms with Crippen LogP contribution >= 0.6 is 0 Å². The molecule has 160 valence electrons.